The Morgan fingerprint density at radius 1 is 0.504 bits per heavy atom. The van der Waals surface area contributed by atoms with Crippen molar-refractivity contribution >= 4 is 65.1 Å². The van der Waals surface area contributed by atoms with Gasteiger partial charge in [-0.25, -0.2) is 24.0 Å². The smallest absolute Gasteiger partial charge is 0.453 e. The Kier molecular flexibility index (Phi) is 36.2. The van der Waals surface area contributed by atoms with E-state index in [-0.39, 0.29) is 102 Å². The number of nitrogens with one attached hydrogen (secondary N) is 2. The Labute approximate surface area is 724 Å². The van der Waals surface area contributed by atoms with Crippen molar-refractivity contribution in [1.29, 1.82) is 0 Å². The van der Waals surface area contributed by atoms with Gasteiger partial charge >= 0.3 is 77.0 Å². The Morgan fingerprint density at radius 3 is 1.18 bits per heavy atom. The molecule has 0 aromatic rings. The Hall–Kier alpha value is -5.65. The summed E-state index contributed by atoms with van der Waals surface area (Å²) in [5.74, 6) is 3.71. The lowest BCUT2D eigenvalue weighted by Gasteiger charge is -2.49. The minimum Gasteiger partial charge on any atom is -0.453 e. The Balaban J connectivity index is 0.000000228. The van der Waals surface area contributed by atoms with Crippen molar-refractivity contribution in [2.45, 2.75) is 225 Å². The summed E-state index contributed by atoms with van der Waals surface area (Å²) in [4.78, 5) is 93.6. The molecule has 7 saturated carbocycles. The van der Waals surface area contributed by atoms with E-state index in [1.165, 1.54) is 18.9 Å². The number of likely N-dealkylation sites (tertiary alicyclic amines) is 6. The van der Waals surface area contributed by atoms with Crippen LogP contribution >= 0.6 is 12.4 Å². The van der Waals surface area contributed by atoms with Crippen molar-refractivity contribution in [3.05, 3.63) is 0 Å². The topological polar surface area (TPSA) is 288 Å². The van der Waals surface area contributed by atoms with Gasteiger partial charge in [-0.1, -0.05) is 20.8 Å². The van der Waals surface area contributed by atoms with Crippen LogP contribution in [0, 0.1) is 70.0 Å². The summed E-state index contributed by atoms with van der Waals surface area (Å²) in [7, 11) is -4.76. The van der Waals surface area contributed by atoms with E-state index in [0.29, 0.717) is 125 Å². The van der Waals surface area contributed by atoms with Gasteiger partial charge in [-0.05, 0) is 199 Å². The van der Waals surface area contributed by atoms with Gasteiger partial charge in [0.1, 0.15) is 28.9 Å². The molecule has 7 aliphatic heterocycles. The third-order valence-corrected chi connectivity index (χ3v) is 25.4. The fraction of sp³-hybridized carbons (Fsp3) is 0.910. The van der Waals surface area contributed by atoms with Crippen LogP contribution < -0.4 is 16.4 Å². The molecule has 14 aliphatic rings. The van der Waals surface area contributed by atoms with Gasteiger partial charge in [0.15, 0.2) is 6.61 Å². The first kappa shape index (κ1) is 108. The van der Waals surface area contributed by atoms with E-state index >= 15 is 0 Å². The van der Waals surface area contributed by atoms with Crippen molar-refractivity contribution in [2.75, 3.05) is 158 Å². The molecule has 125 heavy (non-hydrogen) atoms. The number of rotatable bonds is 15. The average Bonchev–Trinajstić information content (AvgIpc) is 1.09. The zero-order chi connectivity index (χ0) is 93.8. The lowest BCUT2D eigenvalue weighted by Crippen LogP contribution is -2.53. The molecule has 15 atom stereocenters. The van der Waals surface area contributed by atoms with Crippen LogP contribution in [0.3, 0.4) is 0 Å². The van der Waals surface area contributed by atoms with Crippen molar-refractivity contribution in [2.24, 2.45) is 75.7 Å². The molecule has 0 bridgehead atoms. The van der Waals surface area contributed by atoms with Crippen LogP contribution in [0.25, 0.3) is 0 Å². The number of fused-ring (bicyclic) bond motifs is 5. The van der Waals surface area contributed by atoms with Gasteiger partial charge in [0.05, 0.1) is 39.9 Å². The predicted molar refractivity (Wildman–Crippen MR) is 420 cm³/mol. The molecule has 14 fully saturated rings. The molecule has 2 spiro atoms. The van der Waals surface area contributed by atoms with Crippen LogP contribution in [-0.2, 0) is 47.6 Å². The molecule has 27 nitrogen and oxygen atoms in total. The van der Waals surface area contributed by atoms with Crippen LogP contribution in [0.15, 0.2) is 0 Å². The van der Waals surface area contributed by atoms with Crippen LogP contribution in [0.2, 0.25) is 0 Å². The molecule has 4 N–H and O–H groups in total. The highest BCUT2D eigenvalue weighted by Gasteiger charge is 2.65. The van der Waals surface area contributed by atoms with Crippen molar-refractivity contribution in [1.82, 2.24) is 54.7 Å². The van der Waals surface area contributed by atoms with Gasteiger partial charge in [0.25, 0.3) is 0 Å². The zero-order valence-corrected chi connectivity index (χ0v) is 74.8. The summed E-state index contributed by atoms with van der Waals surface area (Å²) < 4.78 is 264. The number of carbonyl (C=O) groups excluding carboxylic acids is 7. The highest BCUT2D eigenvalue weighted by molar-refractivity contribution is 7.87. The average molecular weight is 1880 g/mol. The number of amides is 5. The third kappa shape index (κ3) is 32.1. The fourth-order valence-corrected chi connectivity index (χ4v) is 19.1. The fourth-order valence-electron chi connectivity index (χ4n) is 18.7. The number of nitrogens with two attached hydrogens (primary N) is 1. The van der Waals surface area contributed by atoms with E-state index in [0.717, 1.165) is 90.9 Å². The van der Waals surface area contributed by atoms with Crippen LogP contribution in [0.1, 0.15) is 135 Å². The summed E-state index contributed by atoms with van der Waals surface area (Å²) in [5, 5.41) is 5.69. The highest BCUT2D eigenvalue weighted by Crippen LogP contribution is 2.57. The number of carbonyl (C=O) groups is 7. The molecule has 7 heterocycles. The SMILES string of the molecule is CC(C)(C)OC(=O)N1C[C@@H]2C(N)[C@@H]2C1.CC(C)(C)OC(=O)N1C[C@@H]2C(NCC(F)(F)F)[C@@H]2C1.CC=O.CCN(CC(F)(F)F)C1[C@H]2CN(C(=O)OC(C)(C)C)C[C@@H]12.CCN(CC(F)(F)F)C1[C@H]2CNC[C@@H]12.CCOC(=O)N1CCC2(CC(N3C[C@@H]4C(N(CC)CC(F)(F)F)[C@@H]4C3)C2)C1.COC(=O)N1CCC2(CC(=O)C2)C1.Cl.O=S(=O)(OCC(F)(F)F)C(F)(F)F. The van der Waals surface area contributed by atoms with Crippen molar-refractivity contribution in [3.8, 4) is 0 Å². The molecule has 0 aromatic heterocycles. The van der Waals surface area contributed by atoms with Crippen LogP contribution in [-0.4, -0.2) is 342 Å². The predicted octanol–water partition coefficient (Wildman–Crippen LogP) is 12.3. The zero-order valence-electron chi connectivity index (χ0n) is 73.2. The standard InChI is InChI=1S/C19H30F3N3O2.C14H23F3N2O2.C12H19F3N2O2.C10H18N2O2.C9H15F3N2.C9H13NO3.C3H2F6O3S.C2H4O.ClH/c1-3-23(12-19(20,21)22)16-14-9-25(10-15(14)16)13-7-18(8-13)5-6-24(11-18)17(26)27-4-2;1-5-18(8-14(15,16)17)11-9-6-19(7-10(9)11)12(20)21-13(2,3)4;1-11(2,3)19-10(18)17-4-7-8(5-17)9(7)16-6-12(13,14)15;1-10(2,3)14-9(13)12-4-6-7(5-12)8(6)11;1-2-14(5-9(10,11)12)8-6-3-13-4-7(6)8;1-13-8(12)10-3-2-9(6-10)4-7(11)5-9;4-2(5,6)1-12-13(10,11)3(7,8)9;1-2-3;/h13-16H,3-12H2,1-2H3;9-11H,5-8H2,1-4H3;7-9,16H,4-6H2,1-3H3;6-8H,4-5,11H2,1-3H3;6-8,13H,2-5H2,1H3;2-6H2,1H3;1H2;2H,1H3;1H/t13?,14-,15+,16?,18?;9-,10+,11?;7-,8+,9?;2*6-,7+,8?;;;;. The summed E-state index contributed by atoms with van der Waals surface area (Å²) in [6.45, 7) is 31.1. The van der Waals surface area contributed by atoms with Gasteiger partial charge in [-0.3, -0.25) is 28.6 Å². The summed E-state index contributed by atoms with van der Waals surface area (Å²) in [5.41, 5.74) is -1.18. The summed E-state index contributed by atoms with van der Waals surface area (Å²) >= 11 is 0. The molecule has 14 rings (SSSR count). The monoisotopic (exact) mass is 1880 g/mol. The Bertz CT molecular complexity index is 3640. The molecule has 5 unspecified atom stereocenters. The number of piperidine rings is 5. The van der Waals surface area contributed by atoms with Crippen LogP contribution in [0.5, 0.6) is 0 Å². The van der Waals surface area contributed by atoms with E-state index in [4.69, 9.17) is 29.5 Å². The lowest BCUT2D eigenvalue weighted by atomic mass is 9.64. The first-order valence-corrected chi connectivity index (χ1v) is 43.2. The Morgan fingerprint density at radius 2 is 0.848 bits per heavy atom. The van der Waals surface area contributed by atoms with Gasteiger partial charge in [-0.2, -0.15) is 87.4 Å². The van der Waals surface area contributed by atoms with Gasteiger partial charge in [0, 0.05) is 133 Å². The van der Waals surface area contributed by atoms with E-state index in [9.17, 15) is 116 Å². The minimum atomic E-state index is -6.15. The van der Waals surface area contributed by atoms with Crippen LogP contribution in [0.4, 0.5) is 103 Å². The van der Waals surface area contributed by atoms with E-state index in [1.54, 1.807) is 84.8 Å². The second kappa shape index (κ2) is 41.8. The number of aldehydes is 1. The van der Waals surface area contributed by atoms with E-state index in [2.05, 4.69) is 24.5 Å². The maximum Gasteiger partial charge on any atom is 0.523 e. The van der Waals surface area contributed by atoms with Gasteiger partial charge in [0.2, 0.25) is 0 Å². The maximum atomic E-state index is 12.7. The molecular weight excluding hydrogens is 1750 g/mol. The number of methoxy groups -OCH3 is 1. The third-order valence-electron chi connectivity index (χ3n) is 24.4. The number of nitrogens with zero attached hydrogens (tertiary/aromatic N) is 9. The second-order valence-electron chi connectivity index (χ2n) is 37.5. The van der Waals surface area contributed by atoms with Gasteiger partial charge < -0.3 is 69.3 Å². The number of ether oxygens (including phenoxy) is 5. The first-order valence-electron chi connectivity index (χ1n) is 41.8. The van der Waals surface area contributed by atoms with Gasteiger partial charge in [-0.15, -0.1) is 12.4 Å². The number of halogens is 19. The molecule has 0 radical (unpaired) electrons. The quantitative estimate of drug-likeness (QED) is 0.0451. The second-order valence-corrected chi connectivity index (χ2v) is 39.1. The van der Waals surface area contributed by atoms with E-state index in [1.807, 2.05) is 39.5 Å². The maximum absolute atomic E-state index is 12.7. The van der Waals surface area contributed by atoms with Crippen molar-refractivity contribution in [3.63, 3.8) is 0 Å². The normalized spacial score (nSPS) is 29.9. The number of hydrogen-bond acceptors (Lipinski definition) is 22. The molecular formula is C78H125ClF18N12O15S. The molecule has 5 amide bonds. The number of hydrogen-bond donors (Lipinski definition) is 3. The number of ketones is 1. The summed E-state index contributed by atoms with van der Waals surface area (Å²) in [6.07, 6.45) is -16.8. The lowest BCUT2D eigenvalue weighted by molar-refractivity contribution is -0.156. The van der Waals surface area contributed by atoms with Crippen molar-refractivity contribution < 1.29 is 149 Å². The first-order chi connectivity index (χ1) is 56.8. The molecule has 726 valence electrons. The molecule has 7 saturated heterocycles. The largest absolute Gasteiger partial charge is 0.523 e. The van der Waals surface area contributed by atoms with E-state index < -0.39 is 96.1 Å². The summed E-state index contributed by atoms with van der Waals surface area (Å²) in [6, 6.07) is 1.01. The number of Topliss-reactive ketones (excluding diaryl/α,β-unsaturated/α-hetero) is 1. The molecule has 0 aromatic carbocycles. The molecule has 7 aliphatic carbocycles. The number of alkyl halides is 18. The highest BCUT2D eigenvalue weighted by atomic mass is 35.5. The molecule has 47 heteroatoms. The minimum absolute atomic E-state index is 0.